The van der Waals surface area contributed by atoms with Gasteiger partial charge < -0.3 is 9.84 Å². The molecule has 1 N–H and O–H groups in total. The Balaban J connectivity index is 2.05. The zero-order chi connectivity index (χ0) is 17.9. The van der Waals surface area contributed by atoms with Gasteiger partial charge in [0.15, 0.2) is 0 Å². The van der Waals surface area contributed by atoms with Crippen molar-refractivity contribution in [2.75, 3.05) is 11.9 Å². The zero-order valence-electron chi connectivity index (χ0n) is 13.1. The van der Waals surface area contributed by atoms with Crippen LogP contribution < -0.4 is 5.32 Å². The highest BCUT2D eigenvalue weighted by atomic mass is 19.4. The molecule has 0 atom stereocenters. The van der Waals surface area contributed by atoms with Crippen molar-refractivity contribution in [3.8, 4) is 0 Å². The third kappa shape index (κ3) is 4.03. The lowest BCUT2D eigenvalue weighted by Crippen LogP contribution is -2.12. The summed E-state index contributed by atoms with van der Waals surface area (Å²) in [4.78, 5) is 9.80. The molecule has 0 radical (unpaired) electrons. The average Bonchev–Trinajstić information content (AvgIpc) is 2.81. The van der Waals surface area contributed by atoms with E-state index in [0.29, 0.717) is 24.7 Å². The number of halogens is 3. The molecule has 0 spiro atoms. The predicted octanol–water partition coefficient (Wildman–Crippen LogP) is 4.26. The van der Waals surface area contributed by atoms with Crippen molar-refractivity contribution in [1.82, 2.24) is 5.16 Å². The fourth-order valence-corrected chi connectivity index (χ4v) is 2.38. The highest BCUT2D eigenvalue weighted by molar-refractivity contribution is 5.57. The minimum absolute atomic E-state index is 0.174. The Kier molecular flexibility index (Phi) is 5.10. The molecule has 0 saturated carbocycles. The average molecular weight is 343 g/mol. The van der Waals surface area contributed by atoms with Gasteiger partial charge in [-0.2, -0.15) is 13.2 Å². The second-order valence-corrected chi connectivity index (χ2v) is 5.32. The van der Waals surface area contributed by atoms with Crippen LogP contribution in [0.4, 0.5) is 24.5 Å². The van der Waals surface area contributed by atoms with Gasteiger partial charge in [0.25, 0.3) is 5.69 Å². The third-order valence-corrected chi connectivity index (χ3v) is 3.62. The first-order chi connectivity index (χ1) is 11.2. The third-order valence-electron chi connectivity index (χ3n) is 3.62. The topological polar surface area (TPSA) is 81.2 Å². The summed E-state index contributed by atoms with van der Waals surface area (Å²) in [5.74, 6) is 0.693. The molecule has 0 aliphatic carbocycles. The highest BCUT2D eigenvalue weighted by Crippen LogP contribution is 2.37. The van der Waals surface area contributed by atoms with Crippen molar-refractivity contribution < 1.29 is 22.6 Å². The summed E-state index contributed by atoms with van der Waals surface area (Å²) >= 11 is 0. The molecule has 2 rings (SSSR count). The lowest BCUT2D eigenvalue weighted by molar-refractivity contribution is -0.385. The molecular weight excluding hydrogens is 327 g/mol. The minimum Gasteiger partial charge on any atom is -0.385 e. The molecule has 1 aromatic carbocycles. The van der Waals surface area contributed by atoms with Gasteiger partial charge in [0.1, 0.15) is 5.76 Å². The number of nitro groups is 1. The molecule has 24 heavy (non-hydrogen) atoms. The summed E-state index contributed by atoms with van der Waals surface area (Å²) in [6.45, 7) is 3.86. The first-order valence-corrected chi connectivity index (χ1v) is 7.21. The SMILES string of the molecule is Cc1noc(C)c1CCCNc1ccc([N+](=O)[O-])cc1C(F)(F)F. The van der Waals surface area contributed by atoms with Crippen molar-refractivity contribution in [3.63, 3.8) is 0 Å². The van der Waals surface area contributed by atoms with Crippen LogP contribution in [0.1, 0.15) is 29.0 Å². The number of hydrogen-bond acceptors (Lipinski definition) is 5. The van der Waals surface area contributed by atoms with E-state index in [-0.39, 0.29) is 12.2 Å². The summed E-state index contributed by atoms with van der Waals surface area (Å²) in [6.07, 6.45) is -3.49. The van der Waals surface area contributed by atoms with Gasteiger partial charge in [-0.25, -0.2) is 0 Å². The fourth-order valence-electron chi connectivity index (χ4n) is 2.38. The second-order valence-electron chi connectivity index (χ2n) is 5.32. The van der Waals surface area contributed by atoms with Crippen LogP contribution in [-0.4, -0.2) is 16.6 Å². The van der Waals surface area contributed by atoms with E-state index in [4.69, 9.17) is 4.52 Å². The van der Waals surface area contributed by atoms with E-state index in [1.165, 1.54) is 0 Å². The Hall–Kier alpha value is -2.58. The Labute approximate surface area is 135 Å². The normalized spacial score (nSPS) is 11.5. The summed E-state index contributed by atoms with van der Waals surface area (Å²) < 4.78 is 44.2. The van der Waals surface area contributed by atoms with Gasteiger partial charge in [-0.3, -0.25) is 10.1 Å². The molecule has 0 aliphatic heterocycles. The van der Waals surface area contributed by atoms with Crippen molar-refractivity contribution in [3.05, 3.63) is 50.9 Å². The highest BCUT2D eigenvalue weighted by Gasteiger charge is 2.35. The van der Waals surface area contributed by atoms with E-state index >= 15 is 0 Å². The smallest absolute Gasteiger partial charge is 0.385 e. The molecular formula is C15H16F3N3O3. The number of non-ortho nitro benzene ring substituents is 1. The van der Waals surface area contributed by atoms with Crippen LogP contribution in [0.5, 0.6) is 0 Å². The maximum atomic E-state index is 13.0. The Morgan fingerprint density at radius 1 is 1.33 bits per heavy atom. The van der Waals surface area contributed by atoms with Gasteiger partial charge in [-0.05, 0) is 32.8 Å². The first-order valence-electron chi connectivity index (χ1n) is 7.21. The first kappa shape index (κ1) is 17.8. The number of hydrogen-bond donors (Lipinski definition) is 1. The monoisotopic (exact) mass is 343 g/mol. The van der Waals surface area contributed by atoms with Gasteiger partial charge in [0.2, 0.25) is 0 Å². The van der Waals surface area contributed by atoms with Gasteiger partial charge >= 0.3 is 6.18 Å². The number of aryl methyl sites for hydroxylation is 2. The van der Waals surface area contributed by atoms with Crippen LogP contribution in [-0.2, 0) is 12.6 Å². The van der Waals surface area contributed by atoms with E-state index < -0.39 is 22.4 Å². The molecule has 1 heterocycles. The number of nitrogens with zero attached hydrogens (tertiary/aromatic N) is 2. The van der Waals surface area contributed by atoms with E-state index in [1.54, 1.807) is 13.8 Å². The molecule has 9 heteroatoms. The van der Waals surface area contributed by atoms with E-state index in [9.17, 15) is 23.3 Å². The van der Waals surface area contributed by atoms with Gasteiger partial charge in [0, 0.05) is 29.9 Å². The number of aromatic nitrogens is 1. The maximum absolute atomic E-state index is 13.0. The standard InChI is InChI=1S/C15H16F3N3O3/c1-9-12(10(2)24-20-9)4-3-7-19-14-6-5-11(21(22)23)8-13(14)15(16,17)18/h5-6,8,19H,3-4,7H2,1-2H3. The van der Waals surface area contributed by atoms with Gasteiger partial charge in [-0.1, -0.05) is 5.16 Å². The molecule has 0 unspecified atom stereocenters. The lowest BCUT2D eigenvalue weighted by Gasteiger charge is -2.14. The molecule has 0 saturated heterocycles. The number of nitrogens with one attached hydrogen (secondary N) is 1. The summed E-state index contributed by atoms with van der Waals surface area (Å²) in [7, 11) is 0. The van der Waals surface area contributed by atoms with E-state index in [0.717, 1.165) is 23.4 Å². The molecule has 130 valence electrons. The quantitative estimate of drug-likeness (QED) is 0.481. The van der Waals surface area contributed by atoms with Crippen LogP contribution in [0, 0.1) is 24.0 Å². The number of benzene rings is 1. The van der Waals surface area contributed by atoms with Gasteiger partial charge in [0.05, 0.1) is 16.2 Å². The van der Waals surface area contributed by atoms with Crippen molar-refractivity contribution in [2.45, 2.75) is 32.9 Å². The van der Waals surface area contributed by atoms with Crippen LogP contribution in [0.15, 0.2) is 22.7 Å². The second kappa shape index (κ2) is 6.90. The van der Waals surface area contributed by atoms with Crippen molar-refractivity contribution in [1.29, 1.82) is 0 Å². The van der Waals surface area contributed by atoms with Crippen LogP contribution in [0.3, 0.4) is 0 Å². The number of alkyl halides is 3. The van der Waals surface area contributed by atoms with E-state index in [2.05, 4.69) is 10.5 Å². The van der Waals surface area contributed by atoms with Crippen LogP contribution in [0.25, 0.3) is 0 Å². The Bertz CT molecular complexity index is 722. The van der Waals surface area contributed by atoms with Crippen molar-refractivity contribution in [2.24, 2.45) is 0 Å². The molecule has 1 aromatic heterocycles. The molecule has 0 bridgehead atoms. The zero-order valence-corrected chi connectivity index (χ0v) is 13.1. The summed E-state index contributed by atoms with van der Waals surface area (Å²) in [6, 6.07) is 2.67. The fraction of sp³-hybridized carbons (Fsp3) is 0.400. The summed E-state index contributed by atoms with van der Waals surface area (Å²) in [5.41, 5.74) is -0.111. The van der Waals surface area contributed by atoms with Crippen molar-refractivity contribution >= 4 is 11.4 Å². The summed E-state index contributed by atoms with van der Waals surface area (Å²) in [5, 5.41) is 17.2. The molecule has 0 amide bonds. The van der Waals surface area contributed by atoms with Gasteiger partial charge in [-0.15, -0.1) is 0 Å². The van der Waals surface area contributed by atoms with Crippen LogP contribution in [0.2, 0.25) is 0 Å². The molecule has 6 nitrogen and oxygen atoms in total. The predicted molar refractivity (Wildman–Crippen MR) is 80.9 cm³/mol. The lowest BCUT2D eigenvalue weighted by atomic mass is 10.1. The largest absolute Gasteiger partial charge is 0.418 e. The Morgan fingerprint density at radius 2 is 2.04 bits per heavy atom. The molecule has 0 aliphatic rings. The molecule has 2 aromatic rings. The van der Waals surface area contributed by atoms with E-state index in [1.807, 2.05) is 0 Å². The Morgan fingerprint density at radius 3 is 2.58 bits per heavy atom. The number of rotatable bonds is 6. The van der Waals surface area contributed by atoms with Crippen LogP contribution >= 0.6 is 0 Å². The maximum Gasteiger partial charge on any atom is 0.418 e. The molecule has 0 fully saturated rings. The number of anilines is 1. The minimum atomic E-state index is -4.67. The number of nitro benzene ring substituents is 1.